The van der Waals surface area contributed by atoms with Crippen molar-refractivity contribution in [2.45, 2.75) is 18.8 Å². The van der Waals surface area contributed by atoms with Crippen molar-refractivity contribution in [1.82, 2.24) is 4.31 Å². The Morgan fingerprint density at radius 1 is 1.20 bits per heavy atom. The molecule has 1 aromatic heterocycles. The number of sulfonamides is 1. The molecule has 0 saturated heterocycles. The molecule has 0 aliphatic rings. The van der Waals surface area contributed by atoms with Crippen LogP contribution in [-0.2, 0) is 28.9 Å². The van der Waals surface area contributed by atoms with Crippen LogP contribution in [0.3, 0.4) is 0 Å². The van der Waals surface area contributed by atoms with E-state index in [4.69, 9.17) is 5.73 Å². The van der Waals surface area contributed by atoms with E-state index in [2.05, 4.69) is 0 Å². The summed E-state index contributed by atoms with van der Waals surface area (Å²) >= 11 is 1.56. The molecule has 0 fully saturated rings. The van der Waals surface area contributed by atoms with Crippen LogP contribution in [0.2, 0.25) is 0 Å². The second kappa shape index (κ2) is 6.49. The molecule has 0 radical (unpaired) electrons. The molecule has 108 valence electrons. The van der Waals surface area contributed by atoms with Gasteiger partial charge in [-0.3, -0.25) is 0 Å². The summed E-state index contributed by atoms with van der Waals surface area (Å²) in [7, 11) is -1.70. The Kier molecular flexibility index (Phi) is 4.93. The number of rotatable bonds is 6. The van der Waals surface area contributed by atoms with E-state index >= 15 is 0 Å². The van der Waals surface area contributed by atoms with Gasteiger partial charge >= 0.3 is 0 Å². The zero-order valence-corrected chi connectivity index (χ0v) is 13.0. The maximum absolute atomic E-state index is 12.3. The first-order valence-corrected chi connectivity index (χ1v) is 8.74. The number of benzene rings is 1. The van der Waals surface area contributed by atoms with E-state index in [-0.39, 0.29) is 5.75 Å². The molecule has 1 aromatic carbocycles. The van der Waals surface area contributed by atoms with Crippen LogP contribution in [0.15, 0.2) is 41.8 Å². The first-order chi connectivity index (χ1) is 9.51. The zero-order valence-electron chi connectivity index (χ0n) is 11.3. The summed E-state index contributed by atoms with van der Waals surface area (Å²) < 4.78 is 26.0. The predicted octanol–water partition coefficient (Wildman–Crippen LogP) is 2.17. The molecule has 0 bridgehead atoms. The van der Waals surface area contributed by atoms with Crippen molar-refractivity contribution in [3.05, 3.63) is 57.8 Å². The van der Waals surface area contributed by atoms with E-state index in [0.717, 1.165) is 16.0 Å². The third-order valence-electron chi connectivity index (χ3n) is 3.01. The van der Waals surface area contributed by atoms with Gasteiger partial charge in [0, 0.05) is 25.0 Å². The van der Waals surface area contributed by atoms with Crippen LogP contribution in [0.25, 0.3) is 0 Å². The summed E-state index contributed by atoms with van der Waals surface area (Å²) in [4.78, 5) is 1.03. The van der Waals surface area contributed by atoms with Crippen molar-refractivity contribution in [3.63, 3.8) is 0 Å². The lowest BCUT2D eigenvalue weighted by Crippen LogP contribution is -2.27. The topological polar surface area (TPSA) is 63.4 Å². The van der Waals surface area contributed by atoms with Gasteiger partial charge in [-0.15, -0.1) is 11.3 Å². The van der Waals surface area contributed by atoms with Crippen molar-refractivity contribution in [2.24, 2.45) is 5.73 Å². The average molecular weight is 310 g/mol. The van der Waals surface area contributed by atoms with E-state index in [0.29, 0.717) is 13.1 Å². The molecule has 0 amide bonds. The van der Waals surface area contributed by atoms with Gasteiger partial charge in [-0.05, 0) is 22.6 Å². The third-order valence-corrected chi connectivity index (χ3v) is 5.65. The maximum Gasteiger partial charge on any atom is 0.218 e. The summed E-state index contributed by atoms with van der Waals surface area (Å²) in [5.74, 6) is 0.00269. The summed E-state index contributed by atoms with van der Waals surface area (Å²) in [6.07, 6.45) is 0. The number of thiophene rings is 1. The minimum atomic E-state index is -3.32. The van der Waals surface area contributed by atoms with Gasteiger partial charge in [0.25, 0.3) is 0 Å². The molecule has 0 spiro atoms. The van der Waals surface area contributed by atoms with Gasteiger partial charge in [0.15, 0.2) is 0 Å². The van der Waals surface area contributed by atoms with Gasteiger partial charge in [-0.2, -0.15) is 4.31 Å². The maximum atomic E-state index is 12.3. The molecule has 20 heavy (non-hydrogen) atoms. The zero-order chi connectivity index (χ0) is 14.6. The average Bonchev–Trinajstić information content (AvgIpc) is 2.91. The molecule has 0 saturated carbocycles. The molecule has 0 atom stereocenters. The van der Waals surface area contributed by atoms with Crippen LogP contribution in [0.1, 0.15) is 16.0 Å². The lowest BCUT2D eigenvalue weighted by atomic mass is 10.1. The van der Waals surface area contributed by atoms with Crippen molar-refractivity contribution in [2.75, 3.05) is 7.05 Å². The quantitative estimate of drug-likeness (QED) is 0.889. The molecule has 1 heterocycles. The normalized spacial score (nSPS) is 11.9. The smallest absolute Gasteiger partial charge is 0.218 e. The Hall–Kier alpha value is -1.21. The van der Waals surface area contributed by atoms with Crippen molar-refractivity contribution >= 4 is 21.4 Å². The van der Waals surface area contributed by atoms with Gasteiger partial charge in [-0.25, -0.2) is 8.42 Å². The molecule has 4 nitrogen and oxygen atoms in total. The van der Waals surface area contributed by atoms with Gasteiger partial charge in [0.05, 0.1) is 5.75 Å². The van der Waals surface area contributed by atoms with E-state index < -0.39 is 10.0 Å². The molecule has 2 N–H and O–H groups in total. The fraction of sp³-hybridized carbons (Fsp3) is 0.286. The number of nitrogens with zero attached hydrogens (tertiary/aromatic N) is 1. The third kappa shape index (κ3) is 3.89. The largest absolute Gasteiger partial charge is 0.326 e. The van der Waals surface area contributed by atoms with E-state index in [1.165, 1.54) is 4.31 Å². The highest BCUT2D eigenvalue weighted by atomic mass is 32.2. The van der Waals surface area contributed by atoms with Gasteiger partial charge in [-0.1, -0.05) is 30.3 Å². The highest BCUT2D eigenvalue weighted by molar-refractivity contribution is 7.88. The molecule has 0 aliphatic heterocycles. The van der Waals surface area contributed by atoms with Crippen molar-refractivity contribution < 1.29 is 8.42 Å². The van der Waals surface area contributed by atoms with Gasteiger partial charge in [0.1, 0.15) is 0 Å². The van der Waals surface area contributed by atoms with E-state index in [9.17, 15) is 8.42 Å². The second-order valence-electron chi connectivity index (χ2n) is 4.62. The van der Waals surface area contributed by atoms with Crippen LogP contribution in [0.5, 0.6) is 0 Å². The lowest BCUT2D eigenvalue weighted by Gasteiger charge is -2.16. The summed E-state index contributed by atoms with van der Waals surface area (Å²) in [6, 6.07) is 11.3. The molecule has 2 rings (SSSR count). The number of hydrogen-bond donors (Lipinski definition) is 1. The Morgan fingerprint density at radius 3 is 2.60 bits per heavy atom. The van der Waals surface area contributed by atoms with Crippen molar-refractivity contribution in [3.8, 4) is 0 Å². The minimum absolute atomic E-state index is 0.00269. The predicted molar refractivity (Wildman–Crippen MR) is 82.7 cm³/mol. The number of nitrogens with two attached hydrogens (primary N) is 1. The summed E-state index contributed by atoms with van der Waals surface area (Å²) in [6.45, 7) is 0.829. The molecule has 0 unspecified atom stereocenters. The Balaban J connectivity index is 2.09. The highest BCUT2D eigenvalue weighted by Crippen LogP contribution is 2.16. The van der Waals surface area contributed by atoms with Crippen LogP contribution < -0.4 is 5.73 Å². The molecular weight excluding hydrogens is 292 g/mol. The van der Waals surface area contributed by atoms with Gasteiger partial charge in [0.2, 0.25) is 10.0 Å². The lowest BCUT2D eigenvalue weighted by molar-refractivity contribution is 0.469. The Labute approximate surface area is 123 Å². The van der Waals surface area contributed by atoms with Crippen LogP contribution in [0.4, 0.5) is 0 Å². The number of hydrogen-bond acceptors (Lipinski definition) is 4. The Bertz CT molecular complexity index is 652. The standard InChI is InChI=1S/C14H18N2O2S2/c1-16(10-14-6-3-7-19-14)20(17,18)11-13-5-2-4-12(8-13)9-15/h2-8H,9-11,15H2,1H3. The SMILES string of the molecule is CN(Cc1cccs1)S(=O)(=O)Cc1cccc(CN)c1. The molecule has 2 aromatic rings. The first-order valence-electron chi connectivity index (χ1n) is 6.25. The second-order valence-corrected chi connectivity index (χ2v) is 7.72. The summed E-state index contributed by atoms with van der Waals surface area (Å²) in [5, 5.41) is 1.94. The molecular formula is C14H18N2O2S2. The minimum Gasteiger partial charge on any atom is -0.326 e. The van der Waals surface area contributed by atoms with E-state index in [1.807, 2.05) is 41.8 Å². The monoisotopic (exact) mass is 310 g/mol. The van der Waals surface area contributed by atoms with E-state index in [1.54, 1.807) is 18.4 Å². The van der Waals surface area contributed by atoms with Crippen molar-refractivity contribution in [1.29, 1.82) is 0 Å². The molecule has 0 aliphatic carbocycles. The van der Waals surface area contributed by atoms with Crippen LogP contribution >= 0.6 is 11.3 Å². The van der Waals surface area contributed by atoms with Gasteiger partial charge < -0.3 is 5.73 Å². The van der Waals surface area contributed by atoms with Crippen LogP contribution in [-0.4, -0.2) is 19.8 Å². The fourth-order valence-electron chi connectivity index (χ4n) is 1.89. The Morgan fingerprint density at radius 2 is 1.95 bits per heavy atom. The fourth-order valence-corrected chi connectivity index (χ4v) is 3.88. The summed E-state index contributed by atoms with van der Waals surface area (Å²) in [5.41, 5.74) is 7.29. The highest BCUT2D eigenvalue weighted by Gasteiger charge is 2.19. The van der Waals surface area contributed by atoms with Crippen LogP contribution in [0, 0.1) is 0 Å². The molecule has 6 heteroatoms. The first kappa shape index (κ1) is 15.2.